The maximum Gasteiger partial charge on any atom is 0.213 e. The zero-order chi connectivity index (χ0) is 26.4. The van der Waals surface area contributed by atoms with E-state index in [1.807, 2.05) is 57.3 Å². The van der Waals surface area contributed by atoms with Crippen molar-refractivity contribution in [3.63, 3.8) is 0 Å². The topological polar surface area (TPSA) is 99.0 Å². The Morgan fingerprint density at radius 2 is 1.74 bits per heavy atom. The van der Waals surface area contributed by atoms with Gasteiger partial charge in [-0.05, 0) is 49.6 Å². The molecule has 6 rings (SSSR count). The van der Waals surface area contributed by atoms with Crippen LogP contribution in [0.25, 0.3) is 44.2 Å². The van der Waals surface area contributed by atoms with Crippen LogP contribution in [0.1, 0.15) is 28.5 Å². The summed E-state index contributed by atoms with van der Waals surface area (Å²) in [4.78, 5) is 17.6. The van der Waals surface area contributed by atoms with Crippen molar-refractivity contribution >= 4 is 21.9 Å². The molecule has 4 aromatic heterocycles. The summed E-state index contributed by atoms with van der Waals surface area (Å²) in [7, 11) is 3.30. The fourth-order valence-corrected chi connectivity index (χ4v) is 5.17. The number of fused-ring (bicyclic) bond motifs is 3. The van der Waals surface area contributed by atoms with Gasteiger partial charge < -0.3 is 19.0 Å². The van der Waals surface area contributed by atoms with Crippen molar-refractivity contribution in [1.29, 1.82) is 0 Å². The summed E-state index contributed by atoms with van der Waals surface area (Å²) in [5.41, 5.74) is 8.49. The molecular weight excluding hydrogens is 478 g/mol. The first kappa shape index (κ1) is 23.7. The number of aryl methyl sites for hydroxylation is 3. The summed E-state index contributed by atoms with van der Waals surface area (Å²) < 4.78 is 16.7. The van der Waals surface area contributed by atoms with E-state index >= 15 is 0 Å². The first-order valence-electron chi connectivity index (χ1n) is 12.3. The Kier molecular flexibility index (Phi) is 5.79. The summed E-state index contributed by atoms with van der Waals surface area (Å²) in [6.45, 7) is 5.75. The van der Waals surface area contributed by atoms with Crippen LogP contribution >= 0.6 is 0 Å². The largest absolute Gasteiger partial charge is 0.496 e. The van der Waals surface area contributed by atoms with Crippen LogP contribution in [-0.4, -0.2) is 39.3 Å². The van der Waals surface area contributed by atoms with Crippen molar-refractivity contribution in [3.8, 4) is 33.9 Å². The second kappa shape index (κ2) is 9.30. The number of hydrogen-bond acceptors (Lipinski definition) is 7. The maximum absolute atomic E-state index is 5.84. The van der Waals surface area contributed by atoms with Crippen LogP contribution in [0.5, 0.6) is 11.6 Å². The van der Waals surface area contributed by atoms with Crippen LogP contribution in [0.3, 0.4) is 0 Å². The number of ether oxygens (including phenoxy) is 2. The molecule has 0 saturated heterocycles. The van der Waals surface area contributed by atoms with Gasteiger partial charge in [-0.2, -0.15) is 0 Å². The number of hydrogen-bond donors (Lipinski definition) is 1. The Morgan fingerprint density at radius 3 is 2.45 bits per heavy atom. The molecule has 0 aliphatic rings. The molecule has 2 aromatic carbocycles. The Balaban J connectivity index is 1.55. The van der Waals surface area contributed by atoms with Crippen LogP contribution in [0.4, 0.5) is 0 Å². The molecule has 0 fully saturated rings. The summed E-state index contributed by atoms with van der Waals surface area (Å²) >= 11 is 0. The molecule has 190 valence electrons. The lowest BCUT2D eigenvalue weighted by atomic mass is 9.96. The molecule has 8 heteroatoms. The third kappa shape index (κ3) is 3.94. The van der Waals surface area contributed by atoms with Gasteiger partial charge >= 0.3 is 0 Å². The van der Waals surface area contributed by atoms with Crippen LogP contribution in [0.2, 0.25) is 0 Å². The van der Waals surface area contributed by atoms with Crippen molar-refractivity contribution in [2.75, 3.05) is 14.2 Å². The number of nitrogens with one attached hydrogen (secondary N) is 1. The van der Waals surface area contributed by atoms with E-state index in [1.54, 1.807) is 14.2 Å². The molecule has 4 heterocycles. The minimum atomic E-state index is 0.570. The molecule has 0 amide bonds. The SMILES string of the molecule is COc1cc(-c2ccccc2)c(Cc2nc(C)nc3[nH]c4cc(-c5c(C)noc5C)c(OC)cc4c23)cn1. The number of benzene rings is 2. The minimum Gasteiger partial charge on any atom is -0.496 e. The van der Waals surface area contributed by atoms with E-state index in [4.69, 9.17) is 24.0 Å². The Bertz CT molecular complexity index is 1780. The highest BCUT2D eigenvalue weighted by Crippen LogP contribution is 2.40. The van der Waals surface area contributed by atoms with Gasteiger partial charge in [0, 0.05) is 40.5 Å². The van der Waals surface area contributed by atoms with E-state index in [0.29, 0.717) is 18.1 Å². The normalized spacial score (nSPS) is 11.4. The Morgan fingerprint density at radius 1 is 0.921 bits per heavy atom. The van der Waals surface area contributed by atoms with Gasteiger partial charge in [-0.15, -0.1) is 0 Å². The molecule has 1 N–H and O–H groups in total. The zero-order valence-corrected chi connectivity index (χ0v) is 21.9. The highest BCUT2D eigenvalue weighted by molar-refractivity contribution is 6.09. The van der Waals surface area contributed by atoms with Gasteiger partial charge in [0.15, 0.2) is 0 Å². The molecule has 6 aromatic rings. The van der Waals surface area contributed by atoms with Gasteiger partial charge in [-0.1, -0.05) is 35.5 Å². The van der Waals surface area contributed by atoms with E-state index in [2.05, 4.69) is 33.3 Å². The van der Waals surface area contributed by atoms with Gasteiger partial charge in [0.25, 0.3) is 0 Å². The maximum atomic E-state index is 5.84. The first-order chi connectivity index (χ1) is 18.5. The Labute approximate surface area is 219 Å². The van der Waals surface area contributed by atoms with Crippen molar-refractivity contribution < 1.29 is 14.0 Å². The van der Waals surface area contributed by atoms with Gasteiger partial charge in [0.05, 0.1) is 31.2 Å². The molecule has 0 aliphatic heterocycles. The van der Waals surface area contributed by atoms with Crippen LogP contribution in [-0.2, 0) is 6.42 Å². The fraction of sp³-hybridized carbons (Fsp3) is 0.200. The fourth-order valence-electron chi connectivity index (χ4n) is 5.17. The molecule has 0 saturated carbocycles. The van der Waals surface area contributed by atoms with E-state index in [-0.39, 0.29) is 0 Å². The lowest BCUT2D eigenvalue weighted by Crippen LogP contribution is -2.01. The van der Waals surface area contributed by atoms with E-state index in [9.17, 15) is 0 Å². The number of methoxy groups -OCH3 is 2. The molecule has 0 aliphatic carbocycles. The third-order valence-electron chi connectivity index (χ3n) is 6.87. The monoisotopic (exact) mass is 505 g/mol. The molecule has 38 heavy (non-hydrogen) atoms. The van der Waals surface area contributed by atoms with Crippen LogP contribution in [0, 0.1) is 20.8 Å². The van der Waals surface area contributed by atoms with Gasteiger partial charge in [-0.25, -0.2) is 15.0 Å². The summed E-state index contributed by atoms with van der Waals surface area (Å²) in [5, 5.41) is 6.08. The molecule has 0 spiro atoms. The average Bonchev–Trinajstić information content (AvgIpc) is 3.46. The highest BCUT2D eigenvalue weighted by Gasteiger charge is 2.21. The minimum absolute atomic E-state index is 0.570. The lowest BCUT2D eigenvalue weighted by molar-refractivity contribution is 0.393. The number of aromatic amines is 1. The summed E-state index contributed by atoms with van der Waals surface area (Å²) in [6.07, 6.45) is 2.44. The smallest absolute Gasteiger partial charge is 0.213 e. The summed E-state index contributed by atoms with van der Waals surface area (Å²) in [5.74, 6) is 2.74. The molecular formula is C30H27N5O3. The van der Waals surface area contributed by atoms with Crippen molar-refractivity contribution in [1.82, 2.24) is 25.1 Å². The van der Waals surface area contributed by atoms with Gasteiger partial charge in [0.1, 0.15) is 23.0 Å². The average molecular weight is 506 g/mol. The molecule has 0 bridgehead atoms. The third-order valence-corrected chi connectivity index (χ3v) is 6.87. The number of aromatic nitrogens is 5. The van der Waals surface area contributed by atoms with Crippen molar-refractivity contribution in [2.45, 2.75) is 27.2 Å². The highest BCUT2D eigenvalue weighted by atomic mass is 16.5. The van der Waals surface area contributed by atoms with Crippen LogP contribution < -0.4 is 9.47 Å². The van der Waals surface area contributed by atoms with Gasteiger partial charge in [-0.3, -0.25) is 0 Å². The number of rotatable bonds is 6. The second-order valence-electron chi connectivity index (χ2n) is 9.29. The van der Waals surface area contributed by atoms with E-state index in [1.165, 1.54) is 0 Å². The van der Waals surface area contributed by atoms with Crippen molar-refractivity contribution in [2.24, 2.45) is 0 Å². The lowest BCUT2D eigenvalue weighted by Gasteiger charge is -2.12. The van der Waals surface area contributed by atoms with E-state index < -0.39 is 0 Å². The quantitative estimate of drug-likeness (QED) is 0.281. The molecule has 0 radical (unpaired) electrons. The predicted molar refractivity (Wildman–Crippen MR) is 147 cm³/mol. The first-order valence-corrected chi connectivity index (χ1v) is 12.3. The molecule has 0 atom stereocenters. The number of nitrogens with zero attached hydrogens (tertiary/aromatic N) is 4. The molecule has 0 unspecified atom stereocenters. The van der Waals surface area contributed by atoms with Gasteiger partial charge in [0.2, 0.25) is 5.88 Å². The Hall–Kier alpha value is -4.72. The van der Waals surface area contributed by atoms with Crippen molar-refractivity contribution in [3.05, 3.63) is 83.3 Å². The summed E-state index contributed by atoms with van der Waals surface area (Å²) in [6, 6.07) is 16.3. The number of pyridine rings is 1. The second-order valence-corrected chi connectivity index (χ2v) is 9.29. The van der Waals surface area contributed by atoms with Crippen LogP contribution in [0.15, 0.2) is 59.3 Å². The number of H-pyrrole nitrogens is 1. The predicted octanol–water partition coefficient (Wildman–Crippen LogP) is 6.36. The molecule has 8 nitrogen and oxygen atoms in total. The van der Waals surface area contributed by atoms with E-state index in [0.717, 1.165) is 72.7 Å². The standard InChI is InChI=1S/C30H27N5O3/c1-16-28(17(2)38-35-16)23-12-24-22(13-26(23)36-4)29-25(32-18(3)33-30(29)34-24)11-20-15-31-27(37-5)14-21(20)19-9-7-6-8-10-19/h6-10,12-15H,11H2,1-5H3,(H,32,33,34). The zero-order valence-electron chi connectivity index (χ0n) is 21.9.